The molecule has 38 heavy (non-hydrogen) atoms. The number of urea groups is 1. The molecule has 0 aromatic carbocycles. The van der Waals surface area contributed by atoms with Gasteiger partial charge < -0.3 is 29.4 Å². The lowest BCUT2D eigenvalue weighted by Crippen LogP contribution is -2.52. The highest BCUT2D eigenvalue weighted by Crippen LogP contribution is 2.32. The largest absolute Gasteiger partial charge is 0.768 e. The van der Waals surface area contributed by atoms with Gasteiger partial charge in [0.2, 0.25) is 0 Å². The summed E-state index contributed by atoms with van der Waals surface area (Å²) in [4.78, 5) is 16.4. The average molecular weight is 586 g/mol. The van der Waals surface area contributed by atoms with E-state index in [-0.39, 0.29) is 41.1 Å². The summed E-state index contributed by atoms with van der Waals surface area (Å²) in [5, 5.41) is 23.4. The number of anilines is 1. The summed E-state index contributed by atoms with van der Waals surface area (Å²) >= 11 is -2.28. The number of piperazine rings is 1. The number of nitrogens with two attached hydrogens (primary N) is 1. The first-order valence-corrected chi connectivity index (χ1v) is 13.9. The van der Waals surface area contributed by atoms with Crippen molar-refractivity contribution in [3.8, 4) is 6.07 Å². The van der Waals surface area contributed by atoms with Gasteiger partial charge in [0.1, 0.15) is 15.6 Å². The van der Waals surface area contributed by atoms with Gasteiger partial charge >= 0.3 is 6.03 Å². The fourth-order valence-corrected chi connectivity index (χ4v) is 4.91. The normalized spacial score (nSPS) is 17.6. The fourth-order valence-electron chi connectivity index (χ4n) is 3.64. The maximum Gasteiger partial charge on any atom is 0.319 e. The minimum atomic E-state index is -2.87. The van der Waals surface area contributed by atoms with Crippen molar-refractivity contribution in [1.82, 2.24) is 14.2 Å². The van der Waals surface area contributed by atoms with Gasteiger partial charge in [0.25, 0.3) is 0 Å². The number of rotatable bonds is 4. The van der Waals surface area contributed by atoms with E-state index in [1.54, 1.807) is 23.9 Å². The Morgan fingerprint density at radius 3 is 2.39 bits per heavy atom. The first-order valence-electron chi connectivity index (χ1n) is 11.4. The zero-order valence-electron chi connectivity index (χ0n) is 20.7. The molecule has 1 saturated heterocycles. The van der Waals surface area contributed by atoms with Crippen LogP contribution in [0.25, 0.3) is 5.52 Å². The molecule has 3 heterocycles. The summed E-state index contributed by atoms with van der Waals surface area (Å²) in [6.45, 7) is 1.21. The third-order valence-electron chi connectivity index (χ3n) is 5.96. The number of carbonyl (C=O) groups is 1. The SMILES string of the molecule is CN(C)C(=O)N1CCN(c2c(F)c(S(=O)[O-])cc3c(C(=N)SC(=N)C(F)P)ccn23)CC1.N#CC1(N)CC1. The van der Waals surface area contributed by atoms with Crippen LogP contribution in [0.4, 0.5) is 19.4 Å². The number of hydrogen-bond donors (Lipinski definition) is 3. The number of halogens is 2. The van der Waals surface area contributed by atoms with E-state index in [1.807, 2.05) is 15.3 Å². The molecule has 206 valence electrons. The van der Waals surface area contributed by atoms with Crippen molar-refractivity contribution in [3.05, 3.63) is 29.7 Å². The molecule has 2 aliphatic rings. The van der Waals surface area contributed by atoms with E-state index in [1.165, 1.54) is 21.6 Å². The van der Waals surface area contributed by atoms with E-state index in [9.17, 15) is 17.9 Å². The second-order valence-corrected chi connectivity index (χ2v) is 11.5. The Bertz CT molecular complexity index is 1320. The Balaban J connectivity index is 0.000000585. The van der Waals surface area contributed by atoms with Gasteiger partial charge in [-0.3, -0.25) is 15.0 Å². The topological polar surface area (TPSA) is 169 Å². The predicted octanol–water partition coefficient (Wildman–Crippen LogP) is 2.33. The van der Waals surface area contributed by atoms with Crippen molar-refractivity contribution < 1.29 is 22.3 Å². The van der Waals surface area contributed by atoms with Gasteiger partial charge in [0.15, 0.2) is 17.5 Å². The van der Waals surface area contributed by atoms with Crippen LogP contribution in [0.3, 0.4) is 0 Å². The van der Waals surface area contributed by atoms with Crippen LogP contribution in [0.2, 0.25) is 0 Å². The molecule has 1 saturated carbocycles. The number of amides is 2. The second-order valence-electron chi connectivity index (χ2n) is 8.98. The van der Waals surface area contributed by atoms with Gasteiger partial charge in [-0.15, -0.1) is 0 Å². The van der Waals surface area contributed by atoms with E-state index in [0.717, 1.165) is 18.9 Å². The van der Waals surface area contributed by atoms with Crippen LogP contribution in [0, 0.1) is 28.0 Å². The molecule has 11 nitrogen and oxygen atoms in total. The summed E-state index contributed by atoms with van der Waals surface area (Å²) in [7, 11) is 5.11. The third kappa shape index (κ3) is 6.68. The van der Waals surface area contributed by atoms with Gasteiger partial charge in [0, 0.05) is 52.0 Å². The lowest BCUT2D eigenvalue weighted by Gasteiger charge is -2.37. The lowest BCUT2D eigenvalue weighted by atomic mass is 10.2. The number of nitrogens with zero attached hydrogens (tertiary/aromatic N) is 5. The molecular formula is C22H28F2N8O3PS2-. The molecule has 2 amide bonds. The van der Waals surface area contributed by atoms with Gasteiger partial charge in [0.05, 0.1) is 16.5 Å². The van der Waals surface area contributed by atoms with Crippen molar-refractivity contribution in [1.29, 1.82) is 16.1 Å². The van der Waals surface area contributed by atoms with E-state index in [2.05, 4.69) is 0 Å². The molecule has 2 aromatic heterocycles. The molecule has 0 bridgehead atoms. The van der Waals surface area contributed by atoms with Crippen molar-refractivity contribution in [2.24, 2.45) is 5.73 Å². The summed E-state index contributed by atoms with van der Waals surface area (Å²) in [6.07, 6.45) is 3.29. The summed E-state index contributed by atoms with van der Waals surface area (Å²) in [6, 6.07) is 4.45. The molecule has 2 fully saturated rings. The van der Waals surface area contributed by atoms with E-state index < -0.39 is 38.3 Å². The summed E-state index contributed by atoms with van der Waals surface area (Å²) in [5.74, 6) is -2.55. The molecule has 3 atom stereocenters. The molecule has 0 radical (unpaired) electrons. The maximum absolute atomic E-state index is 15.3. The van der Waals surface area contributed by atoms with Gasteiger partial charge in [-0.25, -0.2) is 13.6 Å². The highest BCUT2D eigenvalue weighted by atomic mass is 32.2. The number of carbonyl (C=O) groups excluding carboxylic acids is 1. The number of fused-ring (bicyclic) bond motifs is 1. The van der Waals surface area contributed by atoms with Crippen molar-refractivity contribution in [3.63, 3.8) is 0 Å². The standard InChI is InChI=1S/C18H23F2N6O3PS2.C4H6N2/c1-23(2)18(27)25-7-5-24(6-8-25)17-13(19)12(32(28)29)9-11-10(3-4-26(11)17)15(21)31-16(22)14(20)30;5-3-4(6)1-2-4/h3-4,9,14,21-22H,5-8,30H2,1-2H3,(H,28,29);1-2,6H2/p-1. The molecule has 2 aromatic rings. The van der Waals surface area contributed by atoms with Crippen LogP contribution in [-0.2, 0) is 11.1 Å². The summed E-state index contributed by atoms with van der Waals surface area (Å²) in [5.41, 5.74) is 5.38. The first kappa shape index (κ1) is 29.9. The second kappa shape index (κ2) is 12.0. The zero-order chi connectivity index (χ0) is 28.4. The smallest absolute Gasteiger partial charge is 0.319 e. The Hall–Kier alpha value is -2.63. The van der Waals surface area contributed by atoms with E-state index in [4.69, 9.17) is 21.8 Å². The first-order chi connectivity index (χ1) is 17.8. The molecule has 16 heteroatoms. The molecule has 4 rings (SSSR count). The third-order valence-corrected chi connectivity index (χ3v) is 8.06. The van der Waals surface area contributed by atoms with Crippen LogP contribution < -0.4 is 10.6 Å². The Morgan fingerprint density at radius 1 is 1.34 bits per heavy atom. The average Bonchev–Trinajstić information content (AvgIpc) is 3.47. The highest BCUT2D eigenvalue weighted by Gasteiger charge is 2.38. The number of alkyl halides is 1. The number of thioether (sulfide) groups is 1. The fraction of sp³-hybridized carbons (Fsp3) is 0.455. The quantitative estimate of drug-likeness (QED) is 0.214. The maximum atomic E-state index is 15.3. The lowest BCUT2D eigenvalue weighted by molar-refractivity contribution is 0.167. The Kier molecular flexibility index (Phi) is 9.48. The van der Waals surface area contributed by atoms with Gasteiger partial charge in [-0.05, 0) is 36.1 Å². The number of nitriles is 1. The molecular weight excluding hydrogens is 557 g/mol. The molecule has 3 unspecified atom stereocenters. The number of pyridine rings is 1. The van der Waals surface area contributed by atoms with E-state index in [0.29, 0.717) is 24.9 Å². The van der Waals surface area contributed by atoms with Crippen LogP contribution in [0.1, 0.15) is 18.4 Å². The van der Waals surface area contributed by atoms with Crippen LogP contribution in [0.15, 0.2) is 23.2 Å². The monoisotopic (exact) mass is 585 g/mol. The predicted molar refractivity (Wildman–Crippen MR) is 146 cm³/mol. The molecule has 1 aliphatic heterocycles. The Morgan fingerprint density at radius 2 is 1.95 bits per heavy atom. The van der Waals surface area contributed by atoms with Gasteiger partial charge in [-0.1, -0.05) is 21.0 Å². The van der Waals surface area contributed by atoms with Gasteiger partial charge in [-0.2, -0.15) is 5.26 Å². The minimum Gasteiger partial charge on any atom is -0.768 e. The number of hydrogen-bond acceptors (Lipinski definition) is 9. The zero-order valence-corrected chi connectivity index (χ0v) is 23.5. The molecule has 4 N–H and O–H groups in total. The van der Waals surface area contributed by atoms with Crippen molar-refractivity contribution in [2.45, 2.75) is 29.2 Å². The Labute approximate surface area is 227 Å². The highest BCUT2D eigenvalue weighted by molar-refractivity contribution is 8.27. The van der Waals surface area contributed by atoms with Crippen molar-refractivity contribution in [2.75, 3.05) is 45.2 Å². The molecule has 0 spiro atoms. The van der Waals surface area contributed by atoms with Crippen LogP contribution >= 0.6 is 21.0 Å². The van der Waals surface area contributed by atoms with Crippen LogP contribution in [-0.4, -0.2) is 90.8 Å². The van der Waals surface area contributed by atoms with E-state index >= 15 is 4.39 Å². The molecule has 1 aliphatic carbocycles. The summed E-state index contributed by atoms with van der Waals surface area (Å²) < 4.78 is 53.5. The minimum absolute atomic E-state index is 0.00666. The van der Waals surface area contributed by atoms with Crippen molar-refractivity contribution >= 4 is 59.5 Å². The van der Waals surface area contributed by atoms with Crippen LogP contribution in [0.5, 0.6) is 0 Å². The number of nitrogens with one attached hydrogen (secondary N) is 2. The number of aromatic nitrogens is 1.